The van der Waals surface area contributed by atoms with Gasteiger partial charge in [-0.15, -0.1) is 0 Å². The molecule has 17 heavy (non-hydrogen) atoms. The van der Waals surface area contributed by atoms with Crippen LogP contribution in [0, 0.1) is 12.8 Å². The highest BCUT2D eigenvalue weighted by molar-refractivity contribution is 9.10. The highest BCUT2D eigenvalue weighted by atomic mass is 79.9. The molecule has 0 atom stereocenters. The summed E-state index contributed by atoms with van der Waals surface area (Å²) in [6.45, 7) is 2.01. The van der Waals surface area contributed by atoms with Crippen molar-refractivity contribution in [1.29, 1.82) is 0 Å². The molecule has 0 radical (unpaired) electrons. The van der Waals surface area contributed by atoms with Crippen molar-refractivity contribution in [2.45, 2.75) is 26.2 Å². The van der Waals surface area contributed by atoms with Crippen molar-refractivity contribution < 1.29 is 4.79 Å². The molecular weight excluding hydrogens is 296 g/mol. The molecule has 0 amide bonds. The zero-order valence-electron chi connectivity index (χ0n) is 10.0. The lowest BCUT2D eigenvalue weighted by atomic mass is 9.92. The van der Waals surface area contributed by atoms with Gasteiger partial charge in [0, 0.05) is 16.5 Å². The van der Waals surface area contributed by atoms with Gasteiger partial charge in [0.1, 0.15) is 0 Å². The first-order chi connectivity index (χ1) is 8.16. The number of carbonyl (C=O) groups is 1. The molecule has 0 bridgehead atoms. The van der Waals surface area contributed by atoms with Crippen LogP contribution in [0.3, 0.4) is 0 Å². The van der Waals surface area contributed by atoms with E-state index < -0.39 is 0 Å². The number of ketones is 1. The van der Waals surface area contributed by atoms with E-state index in [4.69, 9.17) is 0 Å². The van der Waals surface area contributed by atoms with E-state index in [1.807, 2.05) is 36.9 Å². The molecule has 92 valence electrons. The van der Waals surface area contributed by atoms with Crippen LogP contribution < -0.4 is 0 Å². The van der Waals surface area contributed by atoms with Crippen LogP contribution in [0.1, 0.15) is 35.2 Å². The van der Waals surface area contributed by atoms with Crippen LogP contribution in [0.25, 0.3) is 0 Å². The number of halogens is 1. The Bertz CT molecular complexity index is 411. The van der Waals surface area contributed by atoms with E-state index in [1.165, 1.54) is 24.3 Å². The van der Waals surface area contributed by atoms with E-state index in [0.717, 1.165) is 22.0 Å². The fraction of sp³-hybridized carbons (Fsp3) is 0.500. The van der Waals surface area contributed by atoms with Gasteiger partial charge in [-0.25, -0.2) is 0 Å². The monoisotopic (exact) mass is 312 g/mol. The lowest BCUT2D eigenvalue weighted by Gasteiger charge is -2.20. The van der Waals surface area contributed by atoms with Gasteiger partial charge in [-0.2, -0.15) is 11.8 Å². The normalized spacial score (nSPS) is 17.1. The Morgan fingerprint density at radius 1 is 1.41 bits per heavy atom. The van der Waals surface area contributed by atoms with Crippen LogP contribution in [0.15, 0.2) is 22.7 Å². The van der Waals surface area contributed by atoms with Crippen molar-refractivity contribution in [3.8, 4) is 0 Å². The van der Waals surface area contributed by atoms with Gasteiger partial charge in [0.05, 0.1) is 0 Å². The molecule has 1 aromatic carbocycles. The number of carbonyl (C=O) groups excluding carboxylic acids is 1. The van der Waals surface area contributed by atoms with Crippen molar-refractivity contribution in [2.75, 3.05) is 11.5 Å². The average molecular weight is 313 g/mol. The summed E-state index contributed by atoms with van der Waals surface area (Å²) in [5.74, 6) is 3.35. The smallest absolute Gasteiger partial charge is 0.163 e. The van der Waals surface area contributed by atoms with E-state index in [0.29, 0.717) is 11.7 Å². The van der Waals surface area contributed by atoms with Gasteiger partial charge in [0.2, 0.25) is 0 Å². The maximum Gasteiger partial charge on any atom is 0.163 e. The van der Waals surface area contributed by atoms with E-state index in [1.54, 1.807) is 0 Å². The number of thioether (sulfide) groups is 1. The van der Waals surface area contributed by atoms with Gasteiger partial charge in [-0.3, -0.25) is 4.79 Å². The molecule has 0 saturated carbocycles. The molecular formula is C14H17BrOS. The first kappa shape index (κ1) is 13.2. The standard InChI is InChI=1S/C14H17BrOS/c1-10-8-12(15)2-3-13(10)14(16)9-11-4-6-17-7-5-11/h2-3,8,11H,4-7,9H2,1H3. The van der Waals surface area contributed by atoms with E-state index >= 15 is 0 Å². The van der Waals surface area contributed by atoms with Gasteiger partial charge >= 0.3 is 0 Å². The summed E-state index contributed by atoms with van der Waals surface area (Å²) in [6, 6.07) is 5.92. The molecule has 1 aliphatic heterocycles. The Balaban J connectivity index is 2.03. The summed E-state index contributed by atoms with van der Waals surface area (Å²) in [5, 5.41) is 0. The molecule has 3 heteroatoms. The van der Waals surface area contributed by atoms with E-state index in [9.17, 15) is 4.79 Å². The highest BCUT2D eigenvalue weighted by Gasteiger charge is 2.19. The van der Waals surface area contributed by atoms with Crippen molar-refractivity contribution in [3.05, 3.63) is 33.8 Å². The summed E-state index contributed by atoms with van der Waals surface area (Å²) in [7, 11) is 0. The summed E-state index contributed by atoms with van der Waals surface area (Å²) in [4.78, 5) is 12.2. The number of rotatable bonds is 3. The summed E-state index contributed by atoms with van der Waals surface area (Å²) in [6.07, 6.45) is 3.13. The third-order valence-corrected chi connectivity index (χ3v) is 4.85. The largest absolute Gasteiger partial charge is 0.294 e. The molecule has 1 heterocycles. The number of Topliss-reactive ketones (excluding diaryl/α,β-unsaturated/α-hetero) is 1. The first-order valence-corrected chi connectivity index (χ1v) is 7.98. The second-order valence-corrected chi connectivity index (χ2v) is 6.78. The molecule has 0 N–H and O–H groups in total. The molecule has 0 spiro atoms. The minimum atomic E-state index is 0.312. The van der Waals surface area contributed by atoms with Crippen LogP contribution >= 0.6 is 27.7 Å². The van der Waals surface area contributed by atoms with Crippen molar-refractivity contribution in [1.82, 2.24) is 0 Å². The summed E-state index contributed by atoms with van der Waals surface area (Å²) in [5.41, 5.74) is 1.97. The van der Waals surface area contributed by atoms with Crippen LogP contribution in [0.2, 0.25) is 0 Å². The predicted molar refractivity (Wildman–Crippen MR) is 77.9 cm³/mol. The Kier molecular flexibility index (Phi) is 4.69. The molecule has 1 nitrogen and oxygen atoms in total. The molecule has 2 rings (SSSR count). The zero-order chi connectivity index (χ0) is 12.3. The molecule has 0 aliphatic carbocycles. The fourth-order valence-corrected chi connectivity index (χ4v) is 3.94. The third-order valence-electron chi connectivity index (χ3n) is 3.30. The van der Waals surface area contributed by atoms with Crippen LogP contribution in [-0.4, -0.2) is 17.3 Å². The lowest BCUT2D eigenvalue weighted by Crippen LogP contribution is -2.15. The molecule has 1 saturated heterocycles. The summed E-state index contributed by atoms with van der Waals surface area (Å²) >= 11 is 5.44. The van der Waals surface area contributed by atoms with Gasteiger partial charge in [-0.05, 0) is 54.9 Å². The minimum absolute atomic E-state index is 0.312. The maximum atomic E-state index is 12.2. The van der Waals surface area contributed by atoms with Gasteiger partial charge in [0.15, 0.2) is 5.78 Å². The quantitative estimate of drug-likeness (QED) is 0.766. The Hall–Kier alpha value is -0.280. The molecule has 1 aliphatic rings. The first-order valence-electron chi connectivity index (χ1n) is 6.04. The SMILES string of the molecule is Cc1cc(Br)ccc1C(=O)CC1CCSCC1. The number of benzene rings is 1. The topological polar surface area (TPSA) is 17.1 Å². The summed E-state index contributed by atoms with van der Waals surface area (Å²) < 4.78 is 1.04. The minimum Gasteiger partial charge on any atom is -0.294 e. The zero-order valence-corrected chi connectivity index (χ0v) is 12.4. The van der Waals surface area contributed by atoms with Crippen molar-refractivity contribution >= 4 is 33.5 Å². The molecule has 1 fully saturated rings. The number of hydrogen-bond donors (Lipinski definition) is 0. The van der Waals surface area contributed by atoms with E-state index in [2.05, 4.69) is 15.9 Å². The van der Waals surface area contributed by atoms with Gasteiger partial charge in [-0.1, -0.05) is 22.0 Å². The second-order valence-electron chi connectivity index (χ2n) is 4.64. The number of hydrogen-bond acceptors (Lipinski definition) is 2. The van der Waals surface area contributed by atoms with Gasteiger partial charge < -0.3 is 0 Å². The predicted octanol–water partition coefficient (Wildman–Crippen LogP) is 4.47. The Morgan fingerprint density at radius 3 is 2.76 bits per heavy atom. The Morgan fingerprint density at radius 2 is 2.12 bits per heavy atom. The lowest BCUT2D eigenvalue weighted by molar-refractivity contribution is 0.0958. The highest BCUT2D eigenvalue weighted by Crippen LogP contribution is 2.27. The molecule has 0 unspecified atom stereocenters. The molecule has 0 aromatic heterocycles. The fourth-order valence-electron chi connectivity index (χ4n) is 2.26. The number of aryl methyl sites for hydroxylation is 1. The van der Waals surface area contributed by atoms with Crippen LogP contribution in [-0.2, 0) is 0 Å². The maximum absolute atomic E-state index is 12.2. The van der Waals surface area contributed by atoms with E-state index in [-0.39, 0.29) is 0 Å². The molecule has 1 aromatic rings. The van der Waals surface area contributed by atoms with Crippen molar-refractivity contribution in [3.63, 3.8) is 0 Å². The van der Waals surface area contributed by atoms with Gasteiger partial charge in [0.25, 0.3) is 0 Å². The van der Waals surface area contributed by atoms with Crippen LogP contribution in [0.4, 0.5) is 0 Å². The Labute approximate surface area is 115 Å². The van der Waals surface area contributed by atoms with Crippen LogP contribution in [0.5, 0.6) is 0 Å². The average Bonchev–Trinajstić information content (AvgIpc) is 2.30. The third kappa shape index (κ3) is 3.59. The van der Waals surface area contributed by atoms with Crippen molar-refractivity contribution in [2.24, 2.45) is 5.92 Å². The second kappa shape index (κ2) is 6.05.